The molecule has 0 saturated carbocycles. The van der Waals surface area contributed by atoms with Crippen LogP contribution in [0.5, 0.6) is 0 Å². The van der Waals surface area contributed by atoms with Crippen molar-refractivity contribution in [2.45, 2.75) is 40.2 Å². The Morgan fingerprint density at radius 3 is 1.78 bits per heavy atom. The third-order valence-electron chi connectivity index (χ3n) is 0.648. The van der Waals surface area contributed by atoms with Gasteiger partial charge in [0.1, 0.15) is 0 Å². The van der Waals surface area contributed by atoms with E-state index in [0.29, 0.717) is 0 Å². The first-order valence-corrected chi connectivity index (χ1v) is 3.23. The molecule has 54 valence electrons. The van der Waals surface area contributed by atoms with Crippen LogP contribution in [0, 0.1) is 0 Å². The van der Waals surface area contributed by atoms with Crippen LogP contribution in [0.15, 0.2) is 11.8 Å². The molecule has 1 nitrogen and oxygen atoms in total. The Bertz CT molecular complexity index is 102. The fraction of sp³-hybridized carbons (Fsp3) is 0.750. The van der Waals surface area contributed by atoms with Crippen molar-refractivity contribution in [2.75, 3.05) is 0 Å². The lowest BCUT2D eigenvalue weighted by atomic mass is 10.2. The average molecular weight is 128 g/mol. The maximum Gasteiger partial charge on any atom is 0.0998 e. The van der Waals surface area contributed by atoms with Crippen LogP contribution in [0.2, 0.25) is 0 Å². The summed E-state index contributed by atoms with van der Waals surface area (Å²) in [7, 11) is 0. The third kappa shape index (κ3) is 7.54. The Labute approximate surface area is 57.7 Å². The standard InChI is InChI=1S/C8H16O/c1-7(2)6-9-8(3,4)5/h6H,1-5H3. The quantitative estimate of drug-likeness (QED) is 0.493. The van der Waals surface area contributed by atoms with Gasteiger partial charge in [-0.15, -0.1) is 0 Å². The van der Waals surface area contributed by atoms with Crippen LogP contribution >= 0.6 is 0 Å². The van der Waals surface area contributed by atoms with Gasteiger partial charge in [0.15, 0.2) is 0 Å². The number of ether oxygens (including phenoxy) is 1. The van der Waals surface area contributed by atoms with Gasteiger partial charge < -0.3 is 4.74 Å². The summed E-state index contributed by atoms with van der Waals surface area (Å²) in [6.45, 7) is 10.1. The SMILES string of the molecule is CC(C)=COC(C)(C)C. The maximum absolute atomic E-state index is 5.33. The normalized spacial score (nSPS) is 10.8. The highest BCUT2D eigenvalue weighted by atomic mass is 16.5. The first kappa shape index (κ1) is 8.54. The zero-order chi connectivity index (χ0) is 7.49. The summed E-state index contributed by atoms with van der Waals surface area (Å²) >= 11 is 0. The van der Waals surface area contributed by atoms with Crippen LogP contribution in [-0.2, 0) is 4.74 Å². The number of hydrogen-bond acceptors (Lipinski definition) is 1. The number of hydrogen-bond donors (Lipinski definition) is 0. The van der Waals surface area contributed by atoms with Gasteiger partial charge in [-0.3, -0.25) is 0 Å². The van der Waals surface area contributed by atoms with E-state index in [1.54, 1.807) is 6.26 Å². The molecule has 0 aromatic rings. The van der Waals surface area contributed by atoms with Crippen LogP contribution in [0.1, 0.15) is 34.6 Å². The maximum atomic E-state index is 5.33. The summed E-state index contributed by atoms with van der Waals surface area (Å²) in [5, 5.41) is 0. The molecule has 0 saturated heterocycles. The Morgan fingerprint density at radius 1 is 1.22 bits per heavy atom. The van der Waals surface area contributed by atoms with Gasteiger partial charge in [0.05, 0.1) is 11.9 Å². The van der Waals surface area contributed by atoms with Gasteiger partial charge in [-0.05, 0) is 40.2 Å². The number of allylic oxidation sites excluding steroid dienone is 1. The van der Waals surface area contributed by atoms with E-state index in [4.69, 9.17) is 4.74 Å². The summed E-state index contributed by atoms with van der Waals surface area (Å²) in [5.74, 6) is 0. The van der Waals surface area contributed by atoms with Crippen LogP contribution in [0.4, 0.5) is 0 Å². The van der Waals surface area contributed by atoms with E-state index in [-0.39, 0.29) is 5.60 Å². The molecule has 0 radical (unpaired) electrons. The van der Waals surface area contributed by atoms with Crippen molar-refractivity contribution in [3.63, 3.8) is 0 Å². The minimum absolute atomic E-state index is 0.0444. The fourth-order valence-electron chi connectivity index (χ4n) is 0.295. The average Bonchev–Trinajstić information content (AvgIpc) is 1.59. The summed E-state index contributed by atoms with van der Waals surface area (Å²) < 4.78 is 5.33. The lowest BCUT2D eigenvalue weighted by Gasteiger charge is -2.17. The second-order valence-electron chi connectivity index (χ2n) is 3.43. The van der Waals surface area contributed by atoms with Crippen molar-refractivity contribution >= 4 is 0 Å². The summed E-state index contributed by atoms with van der Waals surface area (Å²) in [5.41, 5.74) is 1.15. The summed E-state index contributed by atoms with van der Waals surface area (Å²) in [4.78, 5) is 0. The molecule has 9 heavy (non-hydrogen) atoms. The van der Waals surface area contributed by atoms with Gasteiger partial charge in [-0.25, -0.2) is 0 Å². The van der Waals surface area contributed by atoms with Crippen molar-refractivity contribution in [3.8, 4) is 0 Å². The molecule has 0 aliphatic heterocycles. The molecule has 0 aromatic carbocycles. The number of rotatable bonds is 1. The van der Waals surface area contributed by atoms with Crippen LogP contribution in [0.25, 0.3) is 0 Å². The van der Waals surface area contributed by atoms with Crippen LogP contribution in [0.3, 0.4) is 0 Å². The van der Waals surface area contributed by atoms with Gasteiger partial charge in [0.25, 0.3) is 0 Å². The molecule has 0 aromatic heterocycles. The topological polar surface area (TPSA) is 9.23 Å². The molecule has 0 heterocycles. The van der Waals surface area contributed by atoms with E-state index in [9.17, 15) is 0 Å². The molecule has 0 N–H and O–H groups in total. The highest BCUT2D eigenvalue weighted by molar-refractivity contribution is 4.87. The van der Waals surface area contributed by atoms with Crippen LogP contribution in [-0.4, -0.2) is 5.60 Å². The van der Waals surface area contributed by atoms with E-state index in [2.05, 4.69) is 0 Å². The molecule has 0 atom stereocenters. The monoisotopic (exact) mass is 128 g/mol. The molecule has 0 bridgehead atoms. The smallest absolute Gasteiger partial charge is 0.0998 e. The van der Waals surface area contributed by atoms with E-state index >= 15 is 0 Å². The highest BCUT2D eigenvalue weighted by Crippen LogP contribution is 2.07. The Morgan fingerprint density at radius 2 is 1.67 bits per heavy atom. The predicted molar refractivity (Wildman–Crippen MR) is 40.3 cm³/mol. The third-order valence-corrected chi connectivity index (χ3v) is 0.648. The van der Waals surface area contributed by atoms with E-state index in [1.807, 2.05) is 34.6 Å². The lowest BCUT2D eigenvalue weighted by Crippen LogP contribution is -2.15. The zero-order valence-corrected chi connectivity index (χ0v) is 6.99. The fourth-order valence-corrected chi connectivity index (χ4v) is 0.295. The van der Waals surface area contributed by atoms with Crippen molar-refractivity contribution in [2.24, 2.45) is 0 Å². The molecule has 1 heteroatoms. The molecule has 0 fully saturated rings. The molecular formula is C8H16O. The van der Waals surface area contributed by atoms with E-state index in [0.717, 1.165) is 0 Å². The largest absolute Gasteiger partial charge is 0.496 e. The second kappa shape index (κ2) is 2.90. The van der Waals surface area contributed by atoms with E-state index in [1.165, 1.54) is 5.57 Å². The van der Waals surface area contributed by atoms with Crippen LogP contribution < -0.4 is 0 Å². The summed E-state index contributed by atoms with van der Waals surface area (Å²) in [6.07, 6.45) is 1.79. The van der Waals surface area contributed by atoms with Crippen molar-refractivity contribution < 1.29 is 4.74 Å². The first-order chi connectivity index (χ1) is 3.92. The van der Waals surface area contributed by atoms with E-state index < -0.39 is 0 Å². The second-order valence-corrected chi connectivity index (χ2v) is 3.43. The van der Waals surface area contributed by atoms with Gasteiger partial charge >= 0.3 is 0 Å². The van der Waals surface area contributed by atoms with Crippen molar-refractivity contribution in [3.05, 3.63) is 11.8 Å². The molecule has 0 aliphatic carbocycles. The molecule has 0 unspecified atom stereocenters. The Hall–Kier alpha value is -0.460. The Balaban J connectivity index is 3.64. The van der Waals surface area contributed by atoms with Crippen molar-refractivity contribution in [1.29, 1.82) is 0 Å². The molecule has 0 rings (SSSR count). The minimum atomic E-state index is -0.0444. The molecule has 0 aliphatic rings. The highest BCUT2D eigenvalue weighted by Gasteiger charge is 2.06. The molecule has 0 spiro atoms. The first-order valence-electron chi connectivity index (χ1n) is 3.23. The minimum Gasteiger partial charge on any atom is -0.496 e. The van der Waals surface area contributed by atoms with Gasteiger partial charge in [0, 0.05) is 0 Å². The molecular weight excluding hydrogens is 112 g/mol. The van der Waals surface area contributed by atoms with Crippen molar-refractivity contribution in [1.82, 2.24) is 0 Å². The predicted octanol–water partition coefficient (Wildman–Crippen LogP) is 2.73. The van der Waals surface area contributed by atoms with Gasteiger partial charge in [0.2, 0.25) is 0 Å². The van der Waals surface area contributed by atoms with Gasteiger partial charge in [-0.1, -0.05) is 0 Å². The van der Waals surface area contributed by atoms with Gasteiger partial charge in [-0.2, -0.15) is 0 Å². The molecule has 0 amide bonds. The lowest BCUT2D eigenvalue weighted by molar-refractivity contribution is 0.0751. The zero-order valence-electron chi connectivity index (χ0n) is 6.99. The summed E-state index contributed by atoms with van der Waals surface area (Å²) in [6, 6.07) is 0. The Kier molecular flexibility index (Phi) is 2.75.